The molecule has 0 aliphatic carbocycles. The predicted molar refractivity (Wildman–Crippen MR) is 84.6 cm³/mol. The number of benzene rings is 1. The molecule has 1 aromatic carbocycles. The molecule has 0 radical (unpaired) electrons. The van der Waals surface area contributed by atoms with Crippen LogP contribution in [0.5, 0.6) is 0 Å². The third-order valence-corrected chi connectivity index (χ3v) is 4.18. The Morgan fingerprint density at radius 3 is 2.52 bits per heavy atom. The highest BCUT2D eigenvalue weighted by Gasteiger charge is 2.27. The van der Waals surface area contributed by atoms with Crippen LogP contribution in [0.2, 0.25) is 0 Å². The number of methoxy groups -OCH3 is 1. The molecule has 8 heteroatoms. The number of carbonyl (C=O) groups excluding carboxylic acids is 3. The average Bonchev–Trinajstić information content (AvgIpc) is 2.60. The summed E-state index contributed by atoms with van der Waals surface area (Å²) < 4.78 is 31.0. The molecule has 0 saturated carbocycles. The van der Waals surface area contributed by atoms with Crippen LogP contribution in [0.4, 0.5) is 8.78 Å². The topological polar surface area (TPSA) is 75.7 Å². The number of piperidine rings is 1. The summed E-state index contributed by atoms with van der Waals surface area (Å²) in [4.78, 5) is 37.0. The molecule has 25 heavy (non-hydrogen) atoms. The molecule has 0 unspecified atom stereocenters. The zero-order valence-electron chi connectivity index (χ0n) is 13.9. The van der Waals surface area contributed by atoms with Gasteiger partial charge in [0.25, 0.3) is 5.91 Å². The summed E-state index contributed by atoms with van der Waals surface area (Å²) in [6.07, 6.45) is 1.16. The van der Waals surface area contributed by atoms with Crippen molar-refractivity contribution in [3.8, 4) is 0 Å². The van der Waals surface area contributed by atoms with E-state index in [0.29, 0.717) is 32.0 Å². The molecular formula is C17H20F2N2O4. The van der Waals surface area contributed by atoms with Gasteiger partial charge < -0.3 is 15.0 Å². The van der Waals surface area contributed by atoms with Gasteiger partial charge >= 0.3 is 5.97 Å². The molecule has 1 heterocycles. The highest BCUT2D eigenvalue weighted by Crippen LogP contribution is 2.18. The van der Waals surface area contributed by atoms with E-state index >= 15 is 0 Å². The second-order valence-electron chi connectivity index (χ2n) is 5.81. The Morgan fingerprint density at radius 2 is 1.92 bits per heavy atom. The summed E-state index contributed by atoms with van der Waals surface area (Å²) in [5, 5.41) is 2.44. The summed E-state index contributed by atoms with van der Waals surface area (Å²) in [7, 11) is 1.34. The monoisotopic (exact) mass is 354 g/mol. The van der Waals surface area contributed by atoms with Crippen LogP contribution in [-0.4, -0.2) is 49.4 Å². The van der Waals surface area contributed by atoms with Crippen LogP contribution in [0.25, 0.3) is 0 Å². The molecule has 1 fully saturated rings. The van der Waals surface area contributed by atoms with Crippen LogP contribution < -0.4 is 5.32 Å². The van der Waals surface area contributed by atoms with Gasteiger partial charge in [-0.05, 0) is 25.0 Å². The Balaban J connectivity index is 1.75. The predicted octanol–water partition coefficient (Wildman–Crippen LogP) is 1.50. The lowest BCUT2D eigenvalue weighted by molar-refractivity contribution is -0.148. The van der Waals surface area contributed by atoms with Gasteiger partial charge in [0.2, 0.25) is 5.91 Å². The smallest absolute Gasteiger partial charge is 0.308 e. The minimum Gasteiger partial charge on any atom is -0.469 e. The van der Waals surface area contributed by atoms with Gasteiger partial charge in [0.15, 0.2) is 0 Å². The number of ether oxygens (including phenoxy) is 1. The molecule has 1 aliphatic heterocycles. The maximum Gasteiger partial charge on any atom is 0.308 e. The molecule has 6 nitrogen and oxygen atoms in total. The van der Waals surface area contributed by atoms with E-state index < -0.39 is 17.5 Å². The lowest BCUT2D eigenvalue weighted by Gasteiger charge is -2.30. The second kappa shape index (κ2) is 8.55. The van der Waals surface area contributed by atoms with E-state index in [2.05, 4.69) is 5.32 Å². The number of esters is 1. The van der Waals surface area contributed by atoms with Crippen LogP contribution in [0.15, 0.2) is 18.2 Å². The highest BCUT2D eigenvalue weighted by molar-refractivity contribution is 5.94. The standard InChI is InChI=1S/C17H20F2N2O4/c1-25-17(24)11-5-8-21(9-6-11)15(22)4-7-20-16(23)13-3-2-12(18)10-14(13)19/h2-3,10-11H,4-9H2,1H3,(H,20,23). The molecule has 1 N–H and O–H groups in total. The molecule has 1 saturated heterocycles. The van der Waals surface area contributed by atoms with Gasteiger partial charge in [-0.1, -0.05) is 0 Å². The number of likely N-dealkylation sites (tertiary alicyclic amines) is 1. The lowest BCUT2D eigenvalue weighted by Crippen LogP contribution is -2.41. The third kappa shape index (κ3) is 4.98. The van der Waals surface area contributed by atoms with Crippen LogP contribution in [0.3, 0.4) is 0 Å². The van der Waals surface area contributed by atoms with E-state index in [9.17, 15) is 23.2 Å². The second-order valence-corrected chi connectivity index (χ2v) is 5.81. The first-order valence-corrected chi connectivity index (χ1v) is 8.01. The number of hydrogen-bond acceptors (Lipinski definition) is 4. The molecule has 136 valence electrons. The SMILES string of the molecule is COC(=O)C1CCN(C(=O)CCNC(=O)c2ccc(F)cc2F)CC1. The van der Waals surface area contributed by atoms with Gasteiger partial charge in [0.05, 0.1) is 18.6 Å². The minimum atomic E-state index is -0.950. The minimum absolute atomic E-state index is 0.0470. The molecule has 2 rings (SSSR count). The van der Waals surface area contributed by atoms with E-state index in [1.807, 2.05) is 0 Å². The third-order valence-electron chi connectivity index (χ3n) is 4.18. The van der Waals surface area contributed by atoms with E-state index in [1.165, 1.54) is 7.11 Å². The van der Waals surface area contributed by atoms with E-state index in [0.717, 1.165) is 12.1 Å². The molecular weight excluding hydrogens is 334 g/mol. The van der Waals surface area contributed by atoms with Gasteiger partial charge in [-0.15, -0.1) is 0 Å². The Hall–Kier alpha value is -2.51. The maximum atomic E-state index is 13.5. The number of nitrogens with one attached hydrogen (secondary N) is 1. The molecule has 0 aromatic heterocycles. The van der Waals surface area contributed by atoms with Crippen molar-refractivity contribution in [2.45, 2.75) is 19.3 Å². The molecule has 1 aliphatic rings. The number of carbonyl (C=O) groups is 3. The van der Waals surface area contributed by atoms with Gasteiger partial charge in [-0.25, -0.2) is 8.78 Å². The molecule has 1 aromatic rings. The van der Waals surface area contributed by atoms with Gasteiger partial charge in [0, 0.05) is 32.1 Å². The Morgan fingerprint density at radius 1 is 1.24 bits per heavy atom. The van der Waals surface area contributed by atoms with Crippen LogP contribution >= 0.6 is 0 Å². The van der Waals surface area contributed by atoms with Crippen molar-refractivity contribution in [1.29, 1.82) is 0 Å². The fraction of sp³-hybridized carbons (Fsp3) is 0.471. The normalized spacial score (nSPS) is 14.9. The van der Waals surface area contributed by atoms with Crippen molar-refractivity contribution in [2.75, 3.05) is 26.7 Å². The van der Waals surface area contributed by atoms with E-state index in [4.69, 9.17) is 4.74 Å². The molecule has 2 amide bonds. The summed E-state index contributed by atoms with van der Waals surface area (Å²) in [6.45, 7) is 0.962. The highest BCUT2D eigenvalue weighted by atomic mass is 19.1. The fourth-order valence-electron chi connectivity index (χ4n) is 2.74. The van der Waals surface area contributed by atoms with Gasteiger partial charge in [0.1, 0.15) is 11.6 Å². The largest absolute Gasteiger partial charge is 0.469 e. The summed E-state index contributed by atoms with van der Waals surface area (Å²) in [5.41, 5.74) is -0.271. The Labute approximate surface area is 144 Å². The molecule has 0 atom stereocenters. The van der Waals surface area contributed by atoms with Crippen molar-refractivity contribution in [3.63, 3.8) is 0 Å². The van der Waals surface area contributed by atoms with Gasteiger partial charge in [-0.2, -0.15) is 0 Å². The van der Waals surface area contributed by atoms with Crippen LogP contribution in [-0.2, 0) is 14.3 Å². The van der Waals surface area contributed by atoms with Crippen LogP contribution in [0.1, 0.15) is 29.6 Å². The number of amides is 2. The van der Waals surface area contributed by atoms with Crippen molar-refractivity contribution in [2.24, 2.45) is 5.92 Å². The summed E-state index contributed by atoms with van der Waals surface area (Å²) in [6, 6.07) is 2.68. The number of nitrogens with zero attached hydrogens (tertiary/aromatic N) is 1. The fourth-order valence-corrected chi connectivity index (χ4v) is 2.74. The quantitative estimate of drug-likeness (QED) is 0.813. The Bertz CT molecular complexity index is 658. The lowest BCUT2D eigenvalue weighted by atomic mass is 9.97. The average molecular weight is 354 g/mol. The van der Waals surface area contributed by atoms with Crippen LogP contribution in [0, 0.1) is 17.6 Å². The number of halogens is 2. The zero-order valence-corrected chi connectivity index (χ0v) is 13.9. The molecule has 0 spiro atoms. The first-order valence-electron chi connectivity index (χ1n) is 8.01. The van der Waals surface area contributed by atoms with Crippen molar-refractivity contribution in [1.82, 2.24) is 10.2 Å². The first-order chi connectivity index (χ1) is 11.9. The van der Waals surface area contributed by atoms with Crippen molar-refractivity contribution in [3.05, 3.63) is 35.4 Å². The van der Waals surface area contributed by atoms with Crippen molar-refractivity contribution < 1.29 is 27.9 Å². The zero-order chi connectivity index (χ0) is 18.4. The first kappa shape index (κ1) is 18.8. The molecule has 0 bridgehead atoms. The van der Waals surface area contributed by atoms with Gasteiger partial charge in [-0.3, -0.25) is 14.4 Å². The Kier molecular flexibility index (Phi) is 6.44. The summed E-state index contributed by atoms with van der Waals surface area (Å²) in [5.74, 6) is -3.01. The number of rotatable bonds is 5. The van der Waals surface area contributed by atoms with E-state index in [1.54, 1.807) is 4.90 Å². The van der Waals surface area contributed by atoms with Crippen molar-refractivity contribution >= 4 is 17.8 Å². The number of hydrogen-bond donors (Lipinski definition) is 1. The maximum absolute atomic E-state index is 13.5. The van der Waals surface area contributed by atoms with E-state index in [-0.39, 0.29) is 36.3 Å². The summed E-state index contributed by atoms with van der Waals surface area (Å²) >= 11 is 0.